The third kappa shape index (κ3) is 7.88. The summed E-state index contributed by atoms with van der Waals surface area (Å²) in [6.45, 7) is -18.7. The van der Waals surface area contributed by atoms with Crippen LogP contribution >= 0.6 is 0 Å². The number of likely N-dealkylation sites (tertiary alicyclic amines) is 1. The Morgan fingerprint density at radius 3 is 2.59 bits per heavy atom. The largest absolute Gasteiger partial charge is 0.492 e. The van der Waals surface area contributed by atoms with E-state index in [0.29, 0.717) is 18.8 Å². The molecule has 1 saturated heterocycles. The first kappa shape index (κ1) is 13.0. The molecule has 9 nitrogen and oxygen atoms in total. The summed E-state index contributed by atoms with van der Waals surface area (Å²) in [7, 11) is -5.18. The van der Waals surface area contributed by atoms with E-state index in [1.807, 2.05) is 0 Å². The van der Waals surface area contributed by atoms with E-state index in [9.17, 15) is 8.42 Å². The Morgan fingerprint density at radius 2 is 1.86 bits per heavy atom. The Morgan fingerprint density at radius 1 is 1.08 bits per heavy atom. The molecule has 3 N–H and O–H groups in total. The van der Waals surface area contributed by atoms with E-state index in [2.05, 4.69) is 20.6 Å². The van der Waals surface area contributed by atoms with Crippen molar-refractivity contribution in [1.82, 2.24) is 19.6 Å². The van der Waals surface area contributed by atoms with Gasteiger partial charge >= 0.3 is 0 Å². The minimum atomic E-state index is -5.18. The Balaban J connectivity index is 1.61. The number of sulfonamides is 1. The summed E-state index contributed by atoms with van der Waals surface area (Å²) in [5.74, 6) is -0.468. The highest BCUT2D eigenvalue weighted by Crippen LogP contribution is 2.24. The molecule has 1 fully saturated rings. The van der Waals surface area contributed by atoms with Crippen molar-refractivity contribution >= 4 is 33.2 Å². The van der Waals surface area contributed by atoms with Crippen LogP contribution in [0.15, 0.2) is 59.6 Å². The van der Waals surface area contributed by atoms with E-state index in [1.165, 1.54) is 40.0 Å². The molecule has 2 heterocycles. The van der Waals surface area contributed by atoms with Crippen LogP contribution in [0, 0.1) is 6.85 Å². The van der Waals surface area contributed by atoms with Crippen molar-refractivity contribution < 1.29 is 35.1 Å². The van der Waals surface area contributed by atoms with Gasteiger partial charge in [-0.2, -0.15) is 4.98 Å². The number of hydrogen-bond acceptors (Lipinski definition) is 8. The topological polar surface area (TPSA) is 108 Å². The molecule has 0 amide bonds. The number of ether oxygens (including phenoxy) is 1. The van der Waals surface area contributed by atoms with Gasteiger partial charge in [0.1, 0.15) is 18.1 Å². The van der Waals surface area contributed by atoms with Gasteiger partial charge in [-0.25, -0.2) is 18.1 Å². The summed E-state index contributed by atoms with van der Waals surface area (Å²) in [6.07, 6.45) is 2.47. The predicted molar refractivity (Wildman–Crippen MR) is 147 cm³/mol. The fourth-order valence-corrected chi connectivity index (χ4v) is 4.45. The molecule has 0 radical (unpaired) electrons. The predicted octanol–water partition coefficient (Wildman–Crippen LogP) is 4.82. The minimum absolute atomic E-state index is 0.0165. The molecule has 1 aliphatic rings. The van der Waals surface area contributed by atoms with Crippen LogP contribution in [0.3, 0.4) is 0 Å². The number of nitrogens with one attached hydrogen (secondary N) is 3. The van der Waals surface area contributed by atoms with Gasteiger partial charge in [0, 0.05) is 54.4 Å². The van der Waals surface area contributed by atoms with Crippen molar-refractivity contribution in [2.75, 3.05) is 36.8 Å². The fraction of sp³-hybridized carbons (Fsp3) is 0.407. The highest BCUT2D eigenvalue weighted by molar-refractivity contribution is 7.89. The van der Waals surface area contributed by atoms with E-state index in [4.69, 9.17) is 26.7 Å². The molecule has 0 saturated carbocycles. The Hall–Kier alpha value is -3.21. The van der Waals surface area contributed by atoms with Crippen LogP contribution in [0.5, 0.6) is 5.75 Å². The van der Waals surface area contributed by atoms with Gasteiger partial charge in [-0.05, 0) is 95.8 Å². The molecular weight excluding hydrogens is 488 g/mol. The normalized spacial score (nSPS) is 23.0. The van der Waals surface area contributed by atoms with E-state index < -0.39 is 66.5 Å². The average Bonchev–Trinajstić information content (AvgIpc) is 3.55. The number of aromatic nitrogens is 2. The summed E-state index contributed by atoms with van der Waals surface area (Å²) < 4.78 is 160. The first-order valence-electron chi connectivity index (χ1n) is 19.1. The molecule has 0 bridgehead atoms. The molecule has 0 atom stereocenters. The average molecular weight is 541 g/mol. The third-order valence-corrected chi connectivity index (χ3v) is 6.52. The molecule has 1 aromatic heterocycles. The summed E-state index contributed by atoms with van der Waals surface area (Å²) in [5.41, 5.74) is -4.10. The van der Waals surface area contributed by atoms with Crippen molar-refractivity contribution in [1.29, 1.82) is 0 Å². The maximum atomic E-state index is 13.4. The standard InChI is InChI=1S/C27H36N6O3S/c1-20-19-28-26(30-21-10-12-23(13-11-21)36-17-16-33-14-5-6-15-33)31-25(20)29-22-8-7-9-24(18-22)37(34,35)32-27(2,3)4/h7-13,18-19,32H,5-6,14-17H2,1-4H3,(H2,28,29,30,31)/i1D3,2D3,3D3,4D3,16D2,17D2. The maximum Gasteiger partial charge on any atom is 0.241 e. The number of nitrogens with zero attached hydrogens (tertiary/aromatic N) is 3. The quantitative estimate of drug-likeness (QED) is 0.336. The molecule has 198 valence electrons. The molecule has 37 heavy (non-hydrogen) atoms. The summed E-state index contributed by atoms with van der Waals surface area (Å²) >= 11 is 0. The van der Waals surface area contributed by atoms with Crippen LogP contribution in [-0.2, 0) is 10.0 Å². The molecule has 0 aliphatic carbocycles. The highest BCUT2D eigenvalue weighted by atomic mass is 32.2. The number of anilines is 4. The first-order chi connectivity index (χ1) is 24.0. The SMILES string of the molecule is [2H]C([2H])([2H])c1cnc(Nc2ccc(OC([2H])([2H])C([2H])([2H])N3CCCC3)cc2)nc1Nc1cccc(S(=O)(=O)NC(C([2H])([2H])[2H])(C([2H])([2H])[2H])C([2H])([2H])[2H])c1. The van der Waals surface area contributed by atoms with Gasteiger partial charge in [0.25, 0.3) is 0 Å². The number of benzene rings is 2. The fourth-order valence-electron chi connectivity index (χ4n) is 3.39. The summed E-state index contributed by atoms with van der Waals surface area (Å²) in [6, 6.07) is 9.89. The van der Waals surface area contributed by atoms with E-state index in [-0.39, 0.29) is 23.2 Å². The Bertz CT molecular complexity index is 1840. The zero-order valence-electron chi connectivity index (χ0n) is 35.5. The second-order valence-corrected chi connectivity index (χ2v) is 9.81. The molecule has 10 heteroatoms. The Labute approximate surface area is 242 Å². The minimum Gasteiger partial charge on any atom is -0.492 e. The molecular formula is C27H36N6O3S. The lowest BCUT2D eigenvalue weighted by atomic mass is 10.1. The zero-order chi connectivity index (χ0) is 40.1. The third-order valence-electron chi connectivity index (χ3n) is 5.07. The monoisotopic (exact) mass is 540 g/mol. The van der Waals surface area contributed by atoms with Crippen molar-refractivity contribution in [2.45, 2.75) is 50.7 Å². The van der Waals surface area contributed by atoms with Crippen molar-refractivity contribution in [3.63, 3.8) is 0 Å². The highest BCUT2D eigenvalue weighted by Gasteiger charge is 2.22. The number of hydrogen-bond donors (Lipinski definition) is 3. The van der Waals surface area contributed by atoms with E-state index >= 15 is 0 Å². The first-order valence-corrected chi connectivity index (χ1v) is 12.6. The lowest BCUT2D eigenvalue weighted by Gasteiger charge is -2.20. The summed E-state index contributed by atoms with van der Waals surface area (Å²) in [5, 5.41) is 5.50. The van der Waals surface area contributed by atoms with Crippen LogP contribution in [0.1, 0.15) is 60.9 Å². The second kappa shape index (κ2) is 11.5. The van der Waals surface area contributed by atoms with Gasteiger partial charge in [0.15, 0.2) is 0 Å². The van der Waals surface area contributed by atoms with Crippen LogP contribution in [0.25, 0.3) is 0 Å². The van der Waals surface area contributed by atoms with Crippen LogP contribution in [0.4, 0.5) is 23.1 Å². The van der Waals surface area contributed by atoms with Crippen molar-refractivity contribution in [3.05, 3.63) is 60.3 Å². The van der Waals surface area contributed by atoms with Crippen LogP contribution in [-0.4, -0.2) is 55.0 Å². The molecule has 4 rings (SSSR count). The lowest BCUT2D eigenvalue weighted by molar-refractivity contribution is 0.238. The molecule has 1 aliphatic heterocycles. The molecule has 0 unspecified atom stereocenters. The van der Waals surface area contributed by atoms with Crippen molar-refractivity contribution in [2.24, 2.45) is 0 Å². The van der Waals surface area contributed by atoms with Gasteiger partial charge < -0.3 is 15.4 Å². The van der Waals surface area contributed by atoms with Crippen molar-refractivity contribution in [3.8, 4) is 5.75 Å². The lowest BCUT2D eigenvalue weighted by Crippen LogP contribution is -2.40. The van der Waals surface area contributed by atoms with Crippen LogP contribution in [0.2, 0.25) is 0 Å². The Kier molecular flexibility index (Phi) is 4.04. The van der Waals surface area contributed by atoms with Gasteiger partial charge in [-0.15, -0.1) is 0 Å². The van der Waals surface area contributed by atoms with E-state index in [0.717, 1.165) is 37.2 Å². The zero-order valence-corrected chi connectivity index (χ0v) is 20.3. The van der Waals surface area contributed by atoms with Gasteiger partial charge in [-0.1, -0.05) is 6.07 Å². The molecule has 0 spiro atoms. The summed E-state index contributed by atoms with van der Waals surface area (Å²) in [4.78, 5) is 8.87. The number of aryl methyl sites for hydroxylation is 1. The van der Waals surface area contributed by atoms with E-state index in [1.54, 1.807) is 0 Å². The second-order valence-electron chi connectivity index (χ2n) is 8.12. The van der Waals surface area contributed by atoms with Crippen LogP contribution < -0.4 is 20.1 Å². The van der Waals surface area contributed by atoms with Gasteiger partial charge in [0.2, 0.25) is 16.0 Å². The maximum absolute atomic E-state index is 13.4. The van der Waals surface area contributed by atoms with Gasteiger partial charge in [-0.3, -0.25) is 4.90 Å². The smallest absolute Gasteiger partial charge is 0.241 e. The molecule has 3 aromatic rings. The van der Waals surface area contributed by atoms with Gasteiger partial charge in [0.05, 0.1) is 7.64 Å². The molecule has 2 aromatic carbocycles. The number of rotatable bonds is 10.